The van der Waals surface area contributed by atoms with Gasteiger partial charge in [-0.3, -0.25) is 4.79 Å². The molecule has 0 atom stereocenters. The van der Waals surface area contributed by atoms with Crippen LogP contribution in [-0.2, 0) is 16.6 Å². The minimum atomic E-state index is 0.0379. The van der Waals surface area contributed by atoms with Crippen molar-refractivity contribution in [3.63, 3.8) is 0 Å². The zero-order chi connectivity index (χ0) is 12.8. The number of nitrogens with two attached hydrogens (primary N) is 1. The molecule has 0 unspecified atom stereocenters. The summed E-state index contributed by atoms with van der Waals surface area (Å²) < 4.78 is 5.34. The molecular formula is C14H18N2O2. The van der Waals surface area contributed by atoms with Crippen LogP contribution in [0.15, 0.2) is 12.1 Å². The van der Waals surface area contributed by atoms with Crippen LogP contribution >= 0.6 is 0 Å². The van der Waals surface area contributed by atoms with Gasteiger partial charge in [0.25, 0.3) is 0 Å². The van der Waals surface area contributed by atoms with Crippen molar-refractivity contribution in [3.8, 4) is 5.75 Å². The number of hydrogen-bond donors (Lipinski definition) is 2. The zero-order valence-corrected chi connectivity index (χ0v) is 10.6. The van der Waals surface area contributed by atoms with Crippen LogP contribution in [0.5, 0.6) is 5.75 Å². The van der Waals surface area contributed by atoms with Gasteiger partial charge in [0, 0.05) is 17.6 Å². The Labute approximate surface area is 107 Å². The molecule has 1 aromatic rings. The minimum absolute atomic E-state index is 0.0379. The standard InChI is InChI=1S/C14H18N2O2/c1-18-10-5-9-6-12(17)16-13(9)11(7-10)14(8-15)3-2-4-14/h5,7H,2-4,6,8,15H2,1H3,(H,16,17). The first kappa shape index (κ1) is 11.5. The van der Waals surface area contributed by atoms with Gasteiger partial charge in [0.1, 0.15) is 5.75 Å². The molecule has 96 valence electrons. The largest absolute Gasteiger partial charge is 0.497 e. The summed E-state index contributed by atoms with van der Waals surface area (Å²) in [5, 5.41) is 2.98. The number of anilines is 1. The second kappa shape index (κ2) is 3.99. The third-order valence-electron chi connectivity index (χ3n) is 4.32. The Morgan fingerprint density at radius 2 is 2.22 bits per heavy atom. The number of benzene rings is 1. The van der Waals surface area contributed by atoms with Crippen molar-refractivity contribution in [2.45, 2.75) is 31.1 Å². The summed E-state index contributed by atoms with van der Waals surface area (Å²) in [6, 6.07) is 3.98. The number of nitrogens with one attached hydrogen (secondary N) is 1. The average molecular weight is 246 g/mol. The Morgan fingerprint density at radius 1 is 1.44 bits per heavy atom. The molecule has 0 spiro atoms. The van der Waals surface area contributed by atoms with Gasteiger partial charge in [0.15, 0.2) is 0 Å². The summed E-state index contributed by atoms with van der Waals surface area (Å²) in [5.74, 6) is 0.881. The number of carbonyl (C=O) groups excluding carboxylic acids is 1. The first-order valence-electron chi connectivity index (χ1n) is 6.40. The van der Waals surface area contributed by atoms with Gasteiger partial charge >= 0.3 is 0 Å². The van der Waals surface area contributed by atoms with Crippen molar-refractivity contribution in [2.24, 2.45) is 5.73 Å². The molecule has 2 aliphatic rings. The monoisotopic (exact) mass is 246 g/mol. The minimum Gasteiger partial charge on any atom is -0.497 e. The fourth-order valence-electron chi connectivity index (χ4n) is 3.04. The zero-order valence-electron chi connectivity index (χ0n) is 10.6. The molecule has 0 aromatic heterocycles. The van der Waals surface area contributed by atoms with Gasteiger partial charge in [-0.2, -0.15) is 0 Å². The molecule has 3 N–H and O–H groups in total. The van der Waals surface area contributed by atoms with Crippen molar-refractivity contribution in [3.05, 3.63) is 23.3 Å². The summed E-state index contributed by atoms with van der Waals surface area (Å²) in [6.07, 6.45) is 3.84. The van der Waals surface area contributed by atoms with E-state index in [-0.39, 0.29) is 11.3 Å². The first-order valence-corrected chi connectivity index (χ1v) is 6.40. The summed E-state index contributed by atoms with van der Waals surface area (Å²) >= 11 is 0. The normalized spacial score (nSPS) is 20.0. The molecule has 1 amide bonds. The topological polar surface area (TPSA) is 64.3 Å². The van der Waals surface area contributed by atoms with Crippen LogP contribution in [0.3, 0.4) is 0 Å². The number of rotatable bonds is 3. The molecule has 1 saturated carbocycles. The van der Waals surface area contributed by atoms with E-state index in [9.17, 15) is 4.79 Å². The van der Waals surface area contributed by atoms with Crippen LogP contribution in [-0.4, -0.2) is 19.6 Å². The maximum atomic E-state index is 11.6. The van der Waals surface area contributed by atoms with Gasteiger partial charge in [-0.15, -0.1) is 0 Å². The Bertz CT molecular complexity index is 501. The first-order chi connectivity index (χ1) is 8.68. The Kier molecular flexibility index (Phi) is 2.55. The highest BCUT2D eigenvalue weighted by Gasteiger charge is 2.41. The smallest absolute Gasteiger partial charge is 0.228 e. The molecule has 4 heteroatoms. The van der Waals surface area contributed by atoms with E-state index in [0.29, 0.717) is 13.0 Å². The maximum Gasteiger partial charge on any atom is 0.228 e. The van der Waals surface area contributed by atoms with Crippen LogP contribution in [0.4, 0.5) is 5.69 Å². The Hall–Kier alpha value is -1.55. The average Bonchev–Trinajstić information content (AvgIpc) is 2.68. The highest BCUT2D eigenvalue weighted by Crippen LogP contribution is 2.48. The molecule has 4 nitrogen and oxygen atoms in total. The van der Waals surface area contributed by atoms with Crippen LogP contribution < -0.4 is 15.8 Å². The predicted molar refractivity (Wildman–Crippen MR) is 69.9 cm³/mol. The number of carbonyl (C=O) groups is 1. The van der Waals surface area contributed by atoms with Crippen molar-refractivity contribution >= 4 is 11.6 Å². The molecule has 0 bridgehead atoms. The van der Waals surface area contributed by atoms with Crippen molar-refractivity contribution < 1.29 is 9.53 Å². The maximum absolute atomic E-state index is 11.6. The van der Waals surface area contributed by atoms with Crippen LogP contribution in [0.2, 0.25) is 0 Å². The fourth-order valence-corrected chi connectivity index (χ4v) is 3.04. The number of ether oxygens (including phenoxy) is 1. The fraction of sp³-hybridized carbons (Fsp3) is 0.500. The molecular weight excluding hydrogens is 228 g/mol. The van der Waals surface area contributed by atoms with E-state index in [1.54, 1.807) is 7.11 Å². The number of hydrogen-bond acceptors (Lipinski definition) is 3. The summed E-state index contributed by atoms with van der Waals surface area (Å²) in [6.45, 7) is 0.627. The molecule has 18 heavy (non-hydrogen) atoms. The van der Waals surface area contributed by atoms with Crippen molar-refractivity contribution in [1.82, 2.24) is 0 Å². The Balaban J connectivity index is 2.13. The SMILES string of the molecule is COc1cc2c(c(C3(CN)CCC3)c1)NC(=O)C2. The van der Waals surface area contributed by atoms with Gasteiger partial charge in [0.2, 0.25) is 5.91 Å². The Morgan fingerprint density at radius 3 is 2.78 bits per heavy atom. The third kappa shape index (κ3) is 1.52. The predicted octanol–water partition coefficient (Wildman–Crippen LogP) is 1.57. The van der Waals surface area contributed by atoms with E-state index in [0.717, 1.165) is 35.4 Å². The molecule has 1 aliphatic heterocycles. The van der Waals surface area contributed by atoms with E-state index >= 15 is 0 Å². The highest BCUT2D eigenvalue weighted by atomic mass is 16.5. The van der Waals surface area contributed by atoms with Crippen molar-refractivity contribution in [1.29, 1.82) is 0 Å². The molecule has 0 radical (unpaired) electrons. The summed E-state index contributed by atoms with van der Waals surface area (Å²) in [5.41, 5.74) is 9.18. The summed E-state index contributed by atoms with van der Waals surface area (Å²) in [7, 11) is 1.66. The lowest BCUT2D eigenvalue weighted by atomic mass is 9.64. The van der Waals surface area contributed by atoms with E-state index < -0.39 is 0 Å². The lowest BCUT2D eigenvalue weighted by Gasteiger charge is -2.42. The second-order valence-electron chi connectivity index (χ2n) is 5.27. The number of amides is 1. The van der Waals surface area contributed by atoms with E-state index in [1.807, 2.05) is 12.1 Å². The number of fused-ring (bicyclic) bond motifs is 1. The lowest BCUT2D eigenvalue weighted by molar-refractivity contribution is -0.115. The van der Waals surface area contributed by atoms with E-state index in [4.69, 9.17) is 10.5 Å². The summed E-state index contributed by atoms with van der Waals surface area (Å²) in [4.78, 5) is 11.6. The van der Waals surface area contributed by atoms with Gasteiger partial charge < -0.3 is 15.8 Å². The van der Waals surface area contributed by atoms with Crippen LogP contribution in [0, 0.1) is 0 Å². The van der Waals surface area contributed by atoms with Gasteiger partial charge in [-0.1, -0.05) is 6.42 Å². The molecule has 1 aromatic carbocycles. The molecule has 0 saturated heterocycles. The molecule has 3 rings (SSSR count). The molecule has 1 fully saturated rings. The van der Waals surface area contributed by atoms with Gasteiger partial charge in [-0.05, 0) is 36.1 Å². The second-order valence-corrected chi connectivity index (χ2v) is 5.27. The molecule has 1 aliphatic carbocycles. The van der Waals surface area contributed by atoms with E-state index in [2.05, 4.69) is 5.32 Å². The van der Waals surface area contributed by atoms with Crippen molar-refractivity contribution in [2.75, 3.05) is 19.0 Å². The van der Waals surface area contributed by atoms with Gasteiger partial charge in [0.05, 0.1) is 13.5 Å². The molecule has 1 heterocycles. The van der Waals surface area contributed by atoms with E-state index in [1.165, 1.54) is 6.42 Å². The number of methoxy groups -OCH3 is 1. The van der Waals surface area contributed by atoms with Crippen LogP contribution in [0.1, 0.15) is 30.4 Å². The van der Waals surface area contributed by atoms with Crippen LogP contribution in [0.25, 0.3) is 0 Å². The quantitative estimate of drug-likeness (QED) is 0.851. The van der Waals surface area contributed by atoms with Gasteiger partial charge in [-0.25, -0.2) is 0 Å². The highest BCUT2D eigenvalue weighted by molar-refractivity contribution is 6.00. The lowest BCUT2D eigenvalue weighted by Crippen LogP contribution is -2.42. The third-order valence-corrected chi connectivity index (χ3v) is 4.32.